The van der Waals surface area contributed by atoms with Crippen molar-refractivity contribution >= 4 is 9.84 Å². The van der Waals surface area contributed by atoms with Crippen molar-refractivity contribution in [2.75, 3.05) is 12.0 Å². The lowest BCUT2D eigenvalue weighted by Crippen LogP contribution is -2.06. The van der Waals surface area contributed by atoms with Crippen molar-refractivity contribution in [2.24, 2.45) is 7.05 Å². The SMILES string of the molecule is CCc1nn(C)cc1C(O)CCCS(C)(=O)=O. The predicted octanol–water partition coefficient (Wildman–Crippen LogP) is 0.841. The Labute approximate surface area is 102 Å². The van der Waals surface area contributed by atoms with Crippen LogP contribution in [0.4, 0.5) is 0 Å². The van der Waals surface area contributed by atoms with Crippen molar-refractivity contribution < 1.29 is 13.5 Å². The van der Waals surface area contributed by atoms with Crippen molar-refractivity contribution in [3.05, 3.63) is 17.5 Å². The van der Waals surface area contributed by atoms with E-state index in [4.69, 9.17) is 0 Å². The number of aliphatic hydroxyl groups is 1. The molecule has 0 aliphatic rings. The molecular weight excluding hydrogens is 240 g/mol. The largest absolute Gasteiger partial charge is 0.388 e. The van der Waals surface area contributed by atoms with Gasteiger partial charge in [-0.15, -0.1) is 0 Å². The number of rotatable bonds is 6. The summed E-state index contributed by atoms with van der Waals surface area (Å²) in [6, 6.07) is 0. The molecule has 6 heteroatoms. The van der Waals surface area contributed by atoms with Crippen molar-refractivity contribution in [1.29, 1.82) is 0 Å². The molecule has 0 bridgehead atoms. The highest BCUT2D eigenvalue weighted by Crippen LogP contribution is 2.21. The quantitative estimate of drug-likeness (QED) is 0.822. The average molecular weight is 260 g/mol. The molecule has 1 heterocycles. The van der Waals surface area contributed by atoms with Crippen LogP contribution in [0.15, 0.2) is 6.20 Å². The van der Waals surface area contributed by atoms with Gasteiger partial charge >= 0.3 is 0 Å². The Balaban J connectivity index is 2.60. The van der Waals surface area contributed by atoms with E-state index in [-0.39, 0.29) is 5.75 Å². The summed E-state index contributed by atoms with van der Waals surface area (Å²) in [6.07, 6.45) is 4.06. The van der Waals surface area contributed by atoms with Crippen molar-refractivity contribution in [3.8, 4) is 0 Å². The van der Waals surface area contributed by atoms with Gasteiger partial charge in [0.1, 0.15) is 9.84 Å². The molecule has 0 aliphatic heterocycles. The second-order valence-corrected chi connectivity index (χ2v) is 6.61. The van der Waals surface area contributed by atoms with Gasteiger partial charge < -0.3 is 5.11 Å². The molecule has 98 valence electrons. The van der Waals surface area contributed by atoms with E-state index in [1.54, 1.807) is 10.9 Å². The number of sulfone groups is 1. The maximum Gasteiger partial charge on any atom is 0.147 e. The minimum absolute atomic E-state index is 0.117. The summed E-state index contributed by atoms with van der Waals surface area (Å²) >= 11 is 0. The first-order chi connectivity index (χ1) is 7.83. The number of hydrogen-bond donors (Lipinski definition) is 1. The third-order valence-corrected chi connectivity index (χ3v) is 3.65. The van der Waals surface area contributed by atoms with Crippen LogP contribution in [0.5, 0.6) is 0 Å². The first kappa shape index (κ1) is 14.2. The van der Waals surface area contributed by atoms with Crippen molar-refractivity contribution in [1.82, 2.24) is 9.78 Å². The van der Waals surface area contributed by atoms with Gasteiger partial charge in [0.15, 0.2) is 0 Å². The van der Waals surface area contributed by atoms with Crippen LogP contribution in [0.25, 0.3) is 0 Å². The van der Waals surface area contributed by atoms with E-state index in [0.717, 1.165) is 17.7 Å². The Bertz CT molecular complexity index is 465. The molecule has 17 heavy (non-hydrogen) atoms. The first-order valence-corrected chi connectivity index (χ1v) is 7.77. The molecular formula is C11H20N2O3S. The lowest BCUT2D eigenvalue weighted by atomic mass is 10.1. The minimum Gasteiger partial charge on any atom is -0.388 e. The molecule has 5 nitrogen and oxygen atoms in total. The molecule has 0 aliphatic carbocycles. The predicted molar refractivity (Wildman–Crippen MR) is 66.5 cm³/mol. The topological polar surface area (TPSA) is 72.2 Å². The minimum atomic E-state index is -2.94. The van der Waals surface area contributed by atoms with Crippen LogP contribution in [0.1, 0.15) is 37.1 Å². The maximum atomic E-state index is 11.0. The summed E-state index contributed by atoms with van der Waals surface area (Å²) in [5.74, 6) is 0.117. The second-order valence-electron chi connectivity index (χ2n) is 4.35. The van der Waals surface area contributed by atoms with E-state index < -0.39 is 15.9 Å². The van der Waals surface area contributed by atoms with E-state index in [1.165, 1.54) is 6.26 Å². The Morgan fingerprint density at radius 2 is 2.18 bits per heavy atom. The molecule has 0 radical (unpaired) electrons. The first-order valence-electron chi connectivity index (χ1n) is 5.71. The van der Waals surface area contributed by atoms with Crippen molar-refractivity contribution in [3.63, 3.8) is 0 Å². The average Bonchev–Trinajstić information content (AvgIpc) is 2.57. The van der Waals surface area contributed by atoms with Crippen molar-refractivity contribution in [2.45, 2.75) is 32.3 Å². The van der Waals surface area contributed by atoms with Gasteiger partial charge in [-0.25, -0.2) is 8.42 Å². The van der Waals surface area contributed by atoms with Crippen LogP contribution < -0.4 is 0 Å². The zero-order valence-electron chi connectivity index (χ0n) is 10.5. The molecule has 1 atom stereocenters. The fourth-order valence-electron chi connectivity index (χ4n) is 1.80. The second kappa shape index (κ2) is 5.64. The van der Waals surface area contributed by atoms with Crippen LogP contribution >= 0.6 is 0 Å². The summed E-state index contributed by atoms with van der Waals surface area (Å²) in [7, 11) is -1.13. The fraction of sp³-hybridized carbons (Fsp3) is 0.727. The molecule has 1 aromatic rings. The molecule has 0 saturated heterocycles. The van der Waals surface area contributed by atoms with E-state index in [2.05, 4.69) is 5.10 Å². The summed E-state index contributed by atoms with van der Waals surface area (Å²) in [5.41, 5.74) is 1.68. The highest BCUT2D eigenvalue weighted by atomic mass is 32.2. The van der Waals surface area contributed by atoms with Crippen LogP contribution in [0.3, 0.4) is 0 Å². The van der Waals surface area contributed by atoms with Crippen LogP contribution in [-0.4, -0.2) is 35.3 Å². The number of hydrogen-bond acceptors (Lipinski definition) is 4. The molecule has 1 rings (SSSR count). The zero-order chi connectivity index (χ0) is 13.1. The van der Waals surface area contributed by atoms with Crippen LogP contribution in [-0.2, 0) is 23.3 Å². The number of nitrogens with zero attached hydrogens (tertiary/aromatic N) is 2. The van der Waals surface area contributed by atoms with Gasteiger partial charge in [-0.3, -0.25) is 4.68 Å². The fourth-order valence-corrected chi connectivity index (χ4v) is 2.49. The van der Waals surface area contributed by atoms with Gasteiger partial charge in [0.05, 0.1) is 11.8 Å². The monoisotopic (exact) mass is 260 g/mol. The van der Waals surface area contributed by atoms with Crippen LogP contribution in [0, 0.1) is 0 Å². The molecule has 1 N–H and O–H groups in total. The molecule has 1 aromatic heterocycles. The highest BCUT2D eigenvalue weighted by Gasteiger charge is 2.15. The summed E-state index contributed by atoms with van der Waals surface area (Å²) in [5, 5.41) is 14.2. The summed E-state index contributed by atoms with van der Waals surface area (Å²) < 4.78 is 23.6. The van der Waals surface area contributed by atoms with E-state index in [9.17, 15) is 13.5 Å². The number of aliphatic hydroxyl groups excluding tert-OH is 1. The summed E-state index contributed by atoms with van der Waals surface area (Å²) in [4.78, 5) is 0. The van der Waals surface area contributed by atoms with Gasteiger partial charge in [-0.1, -0.05) is 6.92 Å². The van der Waals surface area contributed by atoms with Crippen LogP contribution in [0.2, 0.25) is 0 Å². The highest BCUT2D eigenvalue weighted by molar-refractivity contribution is 7.90. The van der Waals surface area contributed by atoms with E-state index >= 15 is 0 Å². The molecule has 0 amide bonds. The lowest BCUT2D eigenvalue weighted by Gasteiger charge is -2.09. The Hall–Kier alpha value is -0.880. The van der Waals surface area contributed by atoms with Gasteiger partial charge in [-0.05, 0) is 19.3 Å². The van der Waals surface area contributed by atoms with Gasteiger partial charge in [-0.2, -0.15) is 5.10 Å². The smallest absolute Gasteiger partial charge is 0.147 e. The maximum absolute atomic E-state index is 11.0. The standard InChI is InChI=1S/C11H20N2O3S/c1-4-10-9(8-13(2)12-10)11(14)6-5-7-17(3,15)16/h8,11,14H,4-7H2,1-3H3. The van der Waals surface area contributed by atoms with E-state index in [0.29, 0.717) is 12.8 Å². The Morgan fingerprint density at radius 1 is 1.53 bits per heavy atom. The number of aryl methyl sites for hydroxylation is 2. The Kier molecular flexibility index (Phi) is 4.70. The molecule has 1 unspecified atom stereocenters. The normalized spacial score (nSPS) is 13.9. The zero-order valence-corrected chi connectivity index (χ0v) is 11.4. The van der Waals surface area contributed by atoms with Gasteiger partial charge in [0.2, 0.25) is 0 Å². The van der Waals surface area contributed by atoms with E-state index in [1.807, 2.05) is 14.0 Å². The number of aromatic nitrogens is 2. The van der Waals surface area contributed by atoms with Gasteiger partial charge in [0, 0.05) is 30.8 Å². The molecule has 0 saturated carbocycles. The third kappa shape index (κ3) is 4.47. The summed E-state index contributed by atoms with van der Waals surface area (Å²) in [6.45, 7) is 1.98. The molecule has 0 fully saturated rings. The lowest BCUT2D eigenvalue weighted by molar-refractivity contribution is 0.165. The Morgan fingerprint density at radius 3 is 2.71 bits per heavy atom. The molecule has 0 spiro atoms. The molecule has 0 aromatic carbocycles. The third-order valence-electron chi connectivity index (χ3n) is 2.62. The van der Waals surface area contributed by atoms with Gasteiger partial charge in [0.25, 0.3) is 0 Å².